The van der Waals surface area contributed by atoms with E-state index in [1.54, 1.807) is 12.1 Å². The molecule has 2 aromatic rings. The first-order valence-electron chi connectivity index (χ1n) is 10.6. The molecule has 2 heterocycles. The summed E-state index contributed by atoms with van der Waals surface area (Å²) in [5.74, 6) is 0.454. The monoisotopic (exact) mass is 445 g/mol. The lowest BCUT2D eigenvalue weighted by Gasteiger charge is -2.30. The predicted octanol–water partition coefficient (Wildman–Crippen LogP) is 3.30. The van der Waals surface area contributed by atoms with Crippen LogP contribution in [0.2, 0.25) is 0 Å². The summed E-state index contributed by atoms with van der Waals surface area (Å²) in [6.45, 7) is 3.81. The van der Waals surface area contributed by atoms with Gasteiger partial charge in [0.15, 0.2) is 11.5 Å². The molecule has 0 aromatic heterocycles. The quantitative estimate of drug-likeness (QED) is 0.657. The Bertz CT molecular complexity index is 1040. The van der Waals surface area contributed by atoms with Crippen molar-refractivity contribution in [1.82, 2.24) is 4.31 Å². The first kappa shape index (κ1) is 21.6. The van der Waals surface area contributed by atoms with Crippen LogP contribution in [0.3, 0.4) is 0 Å². The van der Waals surface area contributed by atoms with Crippen molar-refractivity contribution in [3.8, 4) is 11.5 Å². The van der Waals surface area contributed by atoms with E-state index in [9.17, 15) is 13.2 Å². The van der Waals surface area contributed by atoms with Gasteiger partial charge in [0, 0.05) is 25.6 Å². The van der Waals surface area contributed by atoms with Crippen LogP contribution in [-0.4, -0.2) is 45.0 Å². The van der Waals surface area contributed by atoms with Gasteiger partial charge in [-0.3, -0.25) is 4.79 Å². The van der Waals surface area contributed by atoms with Crippen molar-refractivity contribution in [1.29, 1.82) is 0 Å². The molecule has 7 nitrogen and oxygen atoms in total. The van der Waals surface area contributed by atoms with Crippen LogP contribution < -0.4 is 9.47 Å². The lowest BCUT2D eigenvalue weighted by Crippen LogP contribution is -2.40. The van der Waals surface area contributed by atoms with Crippen LogP contribution in [0.1, 0.15) is 30.4 Å². The molecule has 1 fully saturated rings. The molecule has 0 saturated carbocycles. The Balaban J connectivity index is 1.36. The number of fused-ring (bicyclic) bond motifs is 1. The Morgan fingerprint density at radius 2 is 1.77 bits per heavy atom. The molecule has 0 unspecified atom stereocenters. The van der Waals surface area contributed by atoms with Crippen LogP contribution in [0.5, 0.6) is 11.5 Å². The third kappa shape index (κ3) is 4.85. The number of sulfonamides is 1. The minimum atomic E-state index is -3.67. The zero-order valence-corrected chi connectivity index (χ0v) is 18.4. The second-order valence-electron chi connectivity index (χ2n) is 7.87. The van der Waals surface area contributed by atoms with E-state index in [2.05, 4.69) is 0 Å². The van der Waals surface area contributed by atoms with Crippen LogP contribution in [0, 0.1) is 12.8 Å². The van der Waals surface area contributed by atoms with Crippen molar-refractivity contribution < 1.29 is 27.4 Å². The van der Waals surface area contributed by atoms with Crippen molar-refractivity contribution >= 4 is 16.0 Å². The van der Waals surface area contributed by atoms with Gasteiger partial charge in [-0.1, -0.05) is 24.3 Å². The second kappa shape index (κ2) is 9.28. The van der Waals surface area contributed by atoms with Crippen LogP contribution in [0.4, 0.5) is 0 Å². The molecular formula is C23H27NO6S. The van der Waals surface area contributed by atoms with Gasteiger partial charge in [-0.15, -0.1) is 0 Å². The van der Waals surface area contributed by atoms with Crippen LogP contribution in [-0.2, 0) is 26.2 Å². The van der Waals surface area contributed by atoms with E-state index in [1.807, 2.05) is 31.2 Å². The van der Waals surface area contributed by atoms with Gasteiger partial charge < -0.3 is 14.2 Å². The fourth-order valence-electron chi connectivity index (χ4n) is 3.82. The Morgan fingerprint density at radius 1 is 1.06 bits per heavy atom. The van der Waals surface area contributed by atoms with Crippen molar-refractivity contribution in [3.63, 3.8) is 0 Å². The first-order valence-corrected chi connectivity index (χ1v) is 12.0. The molecule has 8 heteroatoms. The molecule has 31 heavy (non-hydrogen) atoms. The van der Waals surface area contributed by atoms with Crippen molar-refractivity contribution in [2.45, 2.75) is 37.7 Å². The number of carbonyl (C=O) groups is 1. The number of carbonyl (C=O) groups excluding carboxylic acids is 1. The standard InChI is InChI=1S/C23H27NO6S/c1-17-5-2-3-6-19(17)16-30-23(25)18-9-11-24(12-10-18)31(26,27)20-7-8-21-22(15-20)29-14-4-13-28-21/h2-3,5-8,15,18H,4,9-14,16H2,1H3. The van der Waals surface area contributed by atoms with E-state index in [4.69, 9.17) is 14.2 Å². The highest BCUT2D eigenvalue weighted by molar-refractivity contribution is 7.89. The van der Waals surface area contributed by atoms with E-state index >= 15 is 0 Å². The summed E-state index contributed by atoms with van der Waals surface area (Å²) in [4.78, 5) is 12.7. The number of ether oxygens (including phenoxy) is 3. The number of benzene rings is 2. The fraction of sp³-hybridized carbons (Fsp3) is 0.435. The molecule has 4 rings (SSSR count). The topological polar surface area (TPSA) is 82.1 Å². The smallest absolute Gasteiger partial charge is 0.309 e. The highest BCUT2D eigenvalue weighted by Gasteiger charge is 2.33. The lowest BCUT2D eigenvalue weighted by molar-refractivity contribution is -0.151. The molecule has 1 saturated heterocycles. The van der Waals surface area contributed by atoms with Crippen LogP contribution in [0.15, 0.2) is 47.4 Å². The molecule has 2 aromatic carbocycles. The maximum absolute atomic E-state index is 13.1. The maximum Gasteiger partial charge on any atom is 0.309 e. The van der Waals surface area contributed by atoms with Gasteiger partial charge in [-0.05, 0) is 43.0 Å². The maximum atomic E-state index is 13.1. The van der Waals surface area contributed by atoms with Gasteiger partial charge >= 0.3 is 5.97 Å². The molecule has 2 aliphatic heterocycles. The summed E-state index contributed by atoms with van der Waals surface area (Å²) in [5.41, 5.74) is 2.05. The average Bonchev–Trinajstić information content (AvgIpc) is 3.03. The van der Waals surface area contributed by atoms with E-state index in [1.165, 1.54) is 10.4 Å². The van der Waals surface area contributed by atoms with Gasteiger partial charge in [0.1, 0.15) is 6.61 Å². The largest absolute Gasteiger partial charge is 0.490 e. The van der Waals surface area contributed by atoms with Gasteiger partial charge in [0.2, 0.25) is 10.0 Å². The SMILES string of the molecule is Cc1ccccc1COC(=O)C1CCN(S(=O)(=O)c2ccc3c(c2)OCCCO3)CC1. The third-order valence-corrected chi connectivity index (χ3v) is 7.67. The Morgan fingerprint density at radius 3 is 2.52 bits per heavy atom. The number of hydrogen-bond acceptors (Lipinski definition) is 6. The summed E-state index contributed by atoms with van der Waals surface area (Å²) in [5, 5.41) is 0. The first-order chi connectivity index (χ1) is 14.9. The van der Waals surface area contributed by atoms with Gasteiger partial charge in [-0.25, -0.2) is 8.42 Å². The summed E-state index contributed by atoms with van der Waals surface area (Å²) in [6.07, 6.45) is 1.64. The van der Waals surface area contributed by atoms with Crippen molar-refractivity contribution in [2.24, 2.45) is 5.92 Å². The summed E-state index contributed by atoms with van der Waals surface area (Å²) in [7, 11) is -3.67. The number of piperidine rings is 1. The zero-order valence-electron chi connectivity index (χ0n) is 17.6. The minimum Gasteiger partial charge on any atom is -0.490 e. The summed E-state index contributed by atoms with van der Waals surface area (Å²) < 4.78 is 44.3. The van der Waals surface area contributed by atoms with Crippen LogP contribution in [0.25, 0.3) is 0 Å². The number of aryl methyl sites for hydroxylation is 1. The van der Waals surface area contributed by atoms with Gasteiger partial charge in [-0.2, -0.15) is 4.31 Å². The molecule has 2 aliphatic rings. The molecule has 0 spiro atoms. The second-order valence-corrected chi connectivity index (χ2v) is 9.81. The minimum absolute atomic E-state index is 0.178. The van der Waals surface area contributed by atoms with E-state index < -0.39 is 10.0 Å². The average molecular weight is 446 g/mol. The molecule has 166 valence electrons. The molecule has 0 aliphatic carbocycles. The van der Waals surface area contributed by atoms with E-state index in [-0.39, 0.29) is 36.5 Å². The van der Waals surface area contributed by atoms with E-state index in [0.29, 0.717) is 37.6 Å². The number of nitrogens with zero attached hydrogens (tertiary/aromatic N) is 1. The molecular weight excluding hydrogens is 418 g/mol. The fourth-order valence-corrected chi connectivity index (χ4v) is 5.31. The Labute approximate surface area is 183 Å². The lowest BCUT2D eigenvalue weighted by atomic mass is 9.98. The zero-order chi connectivity index (χ0) is 21.8. The Kier molecular flexibility index (Phi) is 6.48. The molecule has 0 atom stereocenters. The van der Waals surface area contributed by atoms with Crippen molar-refractivity contribution in [2.75, 3.05) is 26.3 Å². The molecule has 0 radical (unpaired) electrons. The Hall–Kier alpha value is -2.58. The molecule has 0 amide bonds. The normalized spacial score (nSPS) is 17.7. The summed E-state index contributed by atoms with van der Waals surface area (Å²) in [6, 6.07) is 12.5. The molecule has 0 bridgehead atoms. The highest BCUT2D eigenvalue weighted by atomic mass is 32.2. The predicted molar refractivity (Wildman–Crippen MR) is 115 cm³/mol. The molecule has 0 N–H and O–H groups in total. The van der Waals surface area contributed by atoms with Gasteiger partial charge in [0.05, 0.1) is 24.0 Å². The highest BCUT2D eigenvalue weighted by Crippen LogP contribution is 2.34. The van der Waals surface area contributed by atoms with Crippen molar-refractivity contribution in [3.05, 3.63) is 53.6 Å². The number of rotatable bonds is 5. The summed E-state index contributed by atoms with van der Waals surface area (Å²) >= 11 is 0. The van der Waals surface area contributed by atoms with Crippen LogP contribution >= 0.6 is 0 Å². The third-order valence-electron chi connectivity index (χ3n) is 5.78. The number of hydrogen-bond donors (Lipinski definition) is 0. The number of esters is 1. The van der Waals surface area contributed by atoms with E-state index in [0.717, 1.165) is 17.5 Å². The van der Waals surface area contributed by atoms with Gasteiger partial charge in [0.25, 0.3) is 0 Å².